The van der Waals surface area contributed by atoms with E-state index in [1.165, 1.54) is 0 Å². The van der Waals surface area contributed by atoms with Gasteiger partial charge >= 0.3 is 0 Å². The summed E-state index contributed by atoms with van der Waals surface area (Å²) in [6, 6.07) is 34.0. The molecule has 0 unspecified atom stereocenters. The van der Waals surface area contributed by atoms with Crippen LogP contribution in [0.3, 0.4) is 0 Å². The van der Waals surface area contributed by atoms with Gasteiger partial charge in [0.1, 0.15) is 12.4 Å². The Morgan fingerprint density at radius 3 is 2.15 bits per heavy atom. The Morgan fingerprint density at radius 1 is 0.750 bits per heavy atom. The van der Waals surface area contributed by atoms with Crippen LogP contribution in [0.1, 0.15) is 26.3 Å². The van der Waals surface area contributed by atoms with Crippen molar-refractivity contribution >= 4 is 40.5 Å². The third kappa shape index (κ3) is 6.84. The fourth-order valence-electron chi connectivity index (χ4n) is 4.57. The van der Waals surface area contributed by atoms with Gasteiger partial charge in [-0.05, 0) is 60.2 Å². The number of rotatable bonds is 7. The predicted molar refractivity (Wildman–Crippen MR) is 162 cm³/mol. The molecule has 1 fully saturated rings. The molecule has 0 bridgehead atoms. The third-order valence-electron chi connectivity index (χ3n) is 6.65. The molecule has 1 aliphatic rings. The van der Waals surface area contributed by atoms with Gasteiger partial charge in [-0.3, -0.25) is 14.9 Å². The highest BCUT2D eigenvalue weighted by Crippen LogP contribution is 2.27. The lowest BCUT2D eigenvalue weighted by atomic mass is 10.1. The van der Waals surface area contributed by atoms with Crippen molar-refractivity contribution in [2.75, 3.05) is 36.4 Å². The minimum absolute atomic E-state index is 0.0464. The average molecular weight is 551 g/mol. The van der Waals surface area contributed by atoms with Gasteiger partial charge in [0.2, 0.25) is 0 Å². The van der Waals surface area contributed by atoms with Gasteiger partial charge in [-0.25, -0.2) is 0 Å². The van der Waals surface area contributed by atoms with E-state index in [4.69, 9.17) is 17.0 Å². The van der Waals surface area contributed by atoms with Crippen molar-refractivity contribution in [3.05, 3.63) is 126 Å². The molecule has 7 nitrogen and oxygen atoms in total. The van der Waals surface area contributed by atoms with E-state index < -0.39 is 0 Å². The first kappa shape index (κ1) is 26.9. The quantitative estimate of drug-likeness (QED) is 0.302. The topological polar surface area (TPSA) is 73.9 Å². The normalized spacial score (nSPS) is 12.9. The smallest absolute Gasteiger partial charge is 0.257 e. The maximum absolute atomic E-state index is 12.9. The first-order valence-corrected chi connectivity index (χ1v) is 13.5. The molecular formula is C32H30N4O3S. The molecule has 1 saturated heterocycles. The van der Waals surface area contributed by atoms with E-state index in [-0.39, 0.29) is 16.9 Å². The van der Waals surface area contributed by atoms with Crippen LogP contribution in [-0.4, -0.2) is 48.0 Å². The predicted octanol–water partition coefficient (Wildman–Crippen LogP) is 5.35. The van der Waals surface area contributed by atoms with Crippen LogP contribution in [-0.2, 0) is 6.61 Å². The van der Waals surface area contributed by atoms with Crippen molar-refractivity contribution in [2.45, 2.75) is 6.61 Å². The molecule has 40 heavy (non-hydrogen) atoms. The van der Waals surface area contributed by atoms with Crippen LogP contribution in [0.25, 0.3) is 0 Å². The molecule has 0 aliphatic carbocycles. The summed E-state index contributed by atoms with van der Waals surface area (Å²) in [5.74, 6) is 0.323. The Hall–Kier alpha value is -4.69. The van der Waals surface area contributed by atoms with E-state index in [1.807, 2.05) is 95.9 Å². The molecular weight excluding hydrogens is 520 g/mol. The highest BCUT2D eigenvalue weighted by molar-refractivity contribution is 7.80. The molecule has 5 rings (SSSR count). The summed E-state index contributed by atoms with van der Waals surface area (Å²) < 4.78 is 5.86. The van der Waals surface area contributed by atoms with Gasteiger partial charge in [0.05, 0.1) is 11.4 Å². The van der Waals surface area contributed by atoms with Crippen molar-refractivity contribution in [1.82, 2.24) is 10.2 Å². The Labute approximate surface area is 239 Å². The molecule has 4 aromatic rings. The second kappa shape index (κ2) is 12.9. The van der Waals surface area contributed by atoms with Crippen LogP contribution in [0.15, 0.2) is 109 Å². The van der Waals surface area contributed by atoms with Gasteiger partial charge in [-0.2, -0.15) is 0 Å². The SMILES string of the molecule is O=C(NC(=S)Nc1ccccc1N1CCN(C(=O)c2ccccc2)CC1)c1cccc(OCc2ccccc2)c1. The zero-order valence-electron chi connectivity index (χ0n) is 22.0. The summed E-state index contributed by atoms with van der Waals surface area (Å²) in [6.07, 6.45) is 0. The summed E-state index contributed by atoms with van der Waals surface area (Å²) >= 11 is 5.48. The Bertz CT molecular complexity index is 1470. The molecule has 4 aromatic carbocycles. The number of amides is 2. The number of benzene rings is 4. The molecule has 2 N–H and O–H groups in total. The first-order chi connectivity index (χ1) is 19.6. The minimum atomic E-state index is -0.326. The molecule has 0 aromatic heterocycles. The third-order valence-corrected chi connectivity index (χ3v) is 6.86. The van der Waals surface area contributed by atoms with Crippen molar-refractivity contribution in [2.24, 2.45) is 0 Å². The van der Waals surface area contributed by atoms with Crippen LogP contribution in [0.4, 0.5) is 11.4 Å². The Morgan fingerprint density at radius 2 is 1.40 bits per heavy atom. The zero-order chi connectivity index (χ0) is 27.7. The van der Waals surface area contributed by atoms with Crippen LogP contribution in [0, 0.1) is 0 Å². The van der Waals surface area contributed by atoms with E-state index in [9.17, 15) is 9.59 Å². The fraction of sp³-hybridized carbons (Fsp3) is 0.156. The highest BCUT2D eigenvalue weighted by Gasteiger charge is 2.23. The number of nitrogens with one attached hydrogen (secondary N) is 2. The standard InChI is InChI=1S/C32H30N4O3S/c37-30(26-14-9-15-27(22-26)39-23-24-10-3-1-4-11-24)34-32(40)33-28-16-7-8-17-29(28)35-18-20-36(21-19-35)31(38)25-12-5-2-6-13-25/h1-17,22H,18-21,23H2,(H2,33,34,37,40). The maximum Gasteiger partial charge on any atom is 0.257 e. The molecule has 8 heteroatoms. The lowest BCUT2D eigenvalue weighted by Gasteiger charge is -2.37. The van der Waals surface area contributed by atoms with E-state index >= 15 is 0 Å². The van der Waals surface area contributed by atoms with Crippen LogP contribution >= 0.6 is 12.2 Å². The Kier molecular flexibility index (Phi) is 8.68. The molecule has 0 spiro atoms. The lowest BCUT2D eigenvalue weighted by Crippen LogP contribution is -2.49. The van der Waals surface area contributed by atoms with Gasteiger partial charge < -0.3 is 19.9 Å². The first-order valence-electron chi connectivity index (χ1n) is 13.1. The largest absolute Gasteiger partial charge is 0.489 e. The summed E-state index contributed by atoms with van der Waals surface area (Å²) in [5.41, 5.74) is 3.94. The van der Waals surface area contributed by atoms with E-state index in [1.54, 1.807) is 18.2 Å². The maximum atomic E-state index is 12.9. The molecule has 1 heterocycles. The van der Waals surface area contributed by atoms with Crippen LogP contribution in [0.5, 0.6) is 5.75 Å². The van der Waals surface area contributed by atoms with Gasteiger partial charge in [-0.1, -0.05) is 66.7 Å². The molecule has 1 aliphatic heterocycles. The second-order valence-electron chi connectivity index (χ2n) is 9.37. The number of anilines is 2. The number of para-hydroxylation sites is 2. The van der Waals surface area contributed by atoms with Gasteiger partial charge in [0.15, 0.2) is 5.11 Å². The summed E-state index contributed by atoms with van der Waals surface area (Å²) in [7, 11) is 0. The lowest BCUT2D eigenvalue weighted by molar-refractivity contribution is 0.0746. The molecule has 2 amide bonds. The number of carbonyl (C=O) groups is 2. The minimum Gasteiger partial charge on any atom is -0.489 e. The Balaban J connectivity index is 1.17. The molecule has 0 atom stereocenters. The van der Waals surface area contributed by atoms with Crippen molar-refractivity contribution in [3.8, 4) is 5.75 Å². The number of carbonyl (C=O) groups excluding carboxylic acids is 2. The number of hydrogen-bond acceptors (Lipinski definition) is 5. The van der Waals surface area contributed by atoms with E-state index in [0.717, 1.165) is 16.9 Å². The number of ether oxygens (including phenoxy) is 1. The van der Waals surface area contributed by atoms with Crippen molar-refractivity contribution in [1.29, 1.82) is 0 Å². The number of piperazine rings is 1. The van der Waals surface area contributed by atoms with Crippen molar-refractivity contribution in [3.63, 3.8) is 0 Å². The second-order valence-corrected chi connectivity index (χ2v) is 9.78. The molecule has 0 radical (unpaired) electrons. The number of nitrogens with zero attached hydrogens (tertiary/aromatic N) is 2. The number of thiocarbonyl (C=S) groups is 1. The molecule has 202 valence electrons. The van der Waals surface area contributed by atoms with Gasteiger partial charge in [0.25, 0.3) is 11.8 Å². The zero-order valence-corrected chi connectivity index (χ0v) is 22.8. The monoisotopic (exact) mass is 550 g/mol. The van der Waals surface area contributed by atoms with Crippen LogP contribution in [0.2, 0.25) is 0 Å². The van der Waals surface area contributed by atoms with Gasteiger partial charge in [0, 0.05) is 37.3 Å². The highest BCUT2D eigenvalue weighted by atomic mass is 32.1. The average Bonchev–Trinajstić information content (AvgIpc) is 3.01. The number of hydrogen-bond donors (Lipinski definition) is 2. The van der Waals surface area contributed by atoms with Crippen LogP contribution < -0.4 is 20.3 Å². The molecule has 0 saturated carbocycles. The van der Waals surface area contributed by atoms with E-state index in [2.05, 4.69) is 15.5 Å². The van der Waals surface area contributed by atoms with Gasteiger partial charge in [-0.15, -0.1) is 0 Å². The summed E-state index contributed by atoms with van der Waals surface area (Å²) in [4.78, 5) is 29.9. The summed E-state index contributed by atoms with van der Waals surface area (Å²) in [5, 5.41) is 6.15. The van der Waals surface area contributed by atoms with E-state index in [0.29, 0.717) is 49.7 Å². The summed E-state index contributed by atoms with van der Waals surface area (Å²) in [6.45, 7) is 3.02. The van der Waals surface area contributed by atoms with Crippen molar-refractivity contribution < 1.29 is 14.3 Å². The fourth-order valence-corrected chi connectivity index (χ4v) is 4.77.